The summed E-state index contributed by atoms with van der Waals surface area (Å²) in [6, 6.07) is 0. The number of hydrogen-bond acceptors (Lipinski definition) is 5. The molecule has 0 saturated heterocycles. The van der Waals surface area contributed by atoms with Crippen molar-refractivity contribution in [3.05, 3.63) is 18.0 Å². The Kier molecular flexibility index (Phi) is 8.19. The molecule has 0 aliphatic rings. The Hall–Kier alpha value is -2.82. The van der Waals surface area contributed by atoms with E-state index in [1.165, 1.54) is 12.4 Å². The summed E-state index contributed by atoms with van der Waals surface area (Å²) in [5, 5.41) is 2.41. The third-order valence-corrected chi connectivity index (χ3v) is 4.06. The molecule has 1 heterocycles. The quantitative estimate of drug-likeness (QED) is 0.576. The average Bonchev–Trinajstić information content (AvgIpc) is 2.58. The number of nitrogens with zero attached hydrogens (tertiary/aromatic N) is 2. The number of hydrogen-bond donors (Lipinski definition) is 1. The monoisotopic (exact) mass is 357 g/mol. The number of amides is 1. The maximum Gasteiger partial charge on any atom is 0.246 e. The van der Waals surface area contributed by atoms with Crippen LogP contribution in [0.25, 0.3) is 0 Å². The first kappa shape index (κ1) is 20.2. The second-order valence-electron chi connectivity index (χ2n) is 5.23. The van der Waals surface area contributed by atoms with Crippen LogP contribution < -0.4 is 5.32 Å². The highest BCUT2D eigenvalue weighted by Gasteiger charge is 2.16. The first-order chi connectivity index (χ1) is 11.9. The number of terminal acetylenes is 2. The lowest BCUT2D eigenvalue weighted by atomic mass is 9.97. The van der Waals surface area contributed by atoms with Gasteiger partial charge < -0.3 is 5.32 Å². The minimum atomic E-state index is -3.43. The minimum absolute atomic E-state index is 0.129. The third-order valence-electron chi connectivity index (χ3n) is 3.18. The van der Waals surface area contributed by atoms with E-state index in [9.17, 15) is 13.2 Å². The van der Waals surface area contributed by atoms with Gasteiger partial charge in [-0.1, -0.05) is 17.8 Å². The number of carbonyl (C=O) groups excluding carboxylic acids is 1. The van der Waals surface area contributed by atoms with E-state index in [1.807, 2.05) is 0 Å². The van der Waals surface area contributed by atoms with Crippen molar-refractivity contribution in [1.29, 1.82) is 0 Å². The molecule has 1 atom stereocenters. The zero-order valence-corrected chi connectivity index (χ0v) is 14.8. The standard InChI is InChI=1S/C18H19N3O3S/c1-4-6-10-16(17(22)19-12-5-2)11-8-7-9-15-13-20-18(21-14-15)25(3,23)24/h1-2,13-14,16H,6,8,10-12H2,3H3,(H,19,22). The van der Waals surface area contributed by atoms with E-state index in [-0.39, 0.29) is 23.5 Å². The van der Waals surface area contributed by atoms with Crippen molar-refractivity contribution in [1.82, 2.24) is 15.3 Å². The highest BCUT2D eigenvalue weighted by Crippen LogP contribution is 2.13. The lowest BCUT2D eigenvalue weighted by Gasteiger charge is -2.13. The number of aromatic nitrogens is 2. The van der Waals surface area contributed by atoms with E-state index in [1.54, 1.807) is 0 Å². The molecule has 1 N–H and O–H groups in total. The molecule has 1 aromatic rings. The largest absolute Gasteiger partial charge is 0.345 e. The lowest BCUT2D eigenvalue weighted by Crippen LogP contribution is -2.31. The molecule has 0 aliphatic carbocycles. The van der Waals surface area contributed by atoms with Crippen molar-refractivity contribution < 1.29 is 13.2 Å². The van der Waals surface area contributed by atoms with Gasteiger partial charge in [0.05, 0.1) is 12.1 Å². The van der Waals surface area contributed by atoms with Crippen molar-refractivity contribution in [3.8, 4) is 36.5 Å². The van der Waals surface area contributed by atoms with Gasteiger partial charge in [0.1, 0.15) is 0 Å². The third kappa shape index (κ3) is 7.52. The fraction of sp³-hybridized carbons (Fsp3) is 0.389. The van der Waals surface area contributed by atoms with Gasteiger partial charge in [-0.3, -0.25) is 4.79 Å². The van der Waals surface area contributed by atoms with E-state index >= 15 is 0 Å². The highest BCUT2D eigenvalue weighted by atomic mass is 32.2. The molecule has 0 radical (unpaired) electrons. The Labute approximate surface area is 148 Å². The summed E-state index contributed by atoms with van der Waals surface area (Å²) >= 11 is 0. The SMILES string of the molecule is C#CCCC(CCC#Cc1cnc(S(C)(=O)=O)nc1)C(=O)NCC#C. The van der Waals surface area contributed by atoms with E-state index in [0.717, 1.165) is 6.26 Å². The normalized spacial score (nSPS) is 11.3. The number of rotatable bonds is 7. The first-order valence-corrected chi connectivity index (χ1v) is 9.43. The molecule has 0 fully saturated rings. The van der Waals surface area contributed by atoms with Gasteiger partial charge in [0.2, 0.25) is 20.9 Å². The molecule has 25 heavy (non-hydrogen) atoms. The second kappa shape index (κ2) is 10.1. The zero-order valence-electron chi connectivity index (χ0n) is 13.9. The maximum atomic E-state index is 12.0. The van der Waals surface area contributed by atoms with E-state index < -0.39 is 9.84 Å². The van der Waals surface area contributed by atoms with Gasteiger partial charge in [-0.25, -0.2) is 18.4 Å². The molecule has 1 rings (SSSR count). The number of nitrogens with one attached hydrogen (secondary N) is 1. The van der Waals surface area contributed by atoms with E-state index in [2.05, 4.69) is 39.0 Å². The van der Waals surface area contributed by atoms with Gasteiger partial charge in [-0.15, -0.1) is 18.8 Å². The maximum absolute atomic E-state index is 12.0. The summed E-state index contributed by atoms with van der Waals surface area (Å²) in [6.07, 6.45) is 16.2. The smallest absolute Gasteiger partial charge is 0.246 e. The summed E-state index contributed by atoms with van der Waals surface area (Å²) < 4.78 is 22.6. The van der Waals surface area contributed by atoms with Gasteiger partial charge in [0.15, 0.2) is 0 Å². The van der Waals surface area contributed by atoms with Crippen LogP contribution >= 0.6 is 0 Å². The Bertz CT molecular complexity index is 835. The molecule has 0 spiro atoms. The topological polar surface area (TPSA) is 89.0 Å². The van der Waals surface area contributed by atoms with Crippen LogP contribution in [0.1, 0.15) is 31.2 Å². The first-order valence-electron chi connectivity index (χ1n) is 7.54. The molecule has 0 aliphatic heterocycles. The average molecular weight is 357 g/mol. The van der Waals surface area contributed by atoms with E-state index in [0.29, 0.717) is 31.2 Å². The fourth-order valence-corrected chi connectivity index (χ4v) is 2.42. The summed E-state index contributed by atoms with van der Waals surface area (Å²) in [5.74, 6) is 10.3. The highest BCUT2D eigenvalue weighted by molar-refractivity contribution is 7.90. The fourth-order valence-electron chi connectivity index (χ4n) is 1.93. The van der Waals surface area contributed by atoms with Gasteiger partial charge in [0.25, 0.3) is 0 Å². The minimum Gasteiger partial charge on any atom is -0.345 e. The molecule has 1 aromatic heterocycles. The number of sulfone groups is 1. The molecular formula is C18H19N3O3S. The van der Waals surface area contributed by atoms with Crippen molar-refractivity contribution >= 4 is 15.7 Å². The van der Waals surface area contributed by atoms with Crippen LogP contribution in [0.3, 0.4) is 0 Å². The van der Waals surface area contributed by atoms with Gasteiger partial charge >= 0.3 is 0 Å². The summed E-state index contributed by atoms with van der Waals surface area (Å²) in [4.78, 5) is 19.5. The summed E-state index contributed by atoms with van der Waals surface area (Å²) in [7, 11) is -3.43. The van der Waals surface area contributed by atoms with Crippen LogP contribution in [0.2, 0.25) is 0 Å². The Balaban J connectivity index is 2.64. The molecule has 1 unspecified atom stereocenters. The van der Waals surface area contributed by atoms with Crippen LogP contribution in [0.4, 0.5) is 0 Å². The Morgan fingerprint density at radius 3 is 2.40 bits per heavy atom. The predicted octanol–water partition coefficient (Wildman–Crippen LogP) is 0.791. The van der Waals surface area contributed by atoms with Crippen molar-refractivity contribution in [2.45, 2.75) is 30.8 Å². The van der Waals surface area contributed by atoms with Crippen LogP contribution in [0.5, 0.6) is 0 Å². The van der Waals surface area contributed by atoms with E-state index in [4.69, 9.17) is 12.8 Å². The zero-order chi connectivity index (χ0) is 18.7. The van der Waals surface area contributed by atoms with Crippen molar-refractivity contribution in [2.24, 2.45) is 5.92 Å². The van der Waals surface area contributed by atoms with Crippen LogP contribution in [0, 0.1) is 42.4 Å². The number of carbonyl (C=O) groups is 1. The molecule has 0 saturated carbocycles. The molecular weight excluding hydrogens is 338 g/mol. The molecule has 0 aromatic carbocycles. The Morgan fingerprint density at radius 2 is 1.84 bits per heavy atom. The molecule has 130 valence electrons. The molecule has 1 amide bonds. The summed E-state index contributed by atoms with van der Waals surface area (Å²) in [5.41, 5.74) is 0.504. The van der Waals surface area contributed by atoms with Gasteiger partial charge in [-0.05, 0) is 12.8 Å². The summed E-state index contributed by atoms with van der Waals surface area (Å²) in [6.45, 7) is 0.182. The van der Waals surface area contributed by atoms with Crippen molar-refractivity contribution in [3.63, 3.8) is 0 Å². The molecule has 0 bridgehead atoms. The molecule has 7 heteroatoms. The second-order valence-corrected chi connectivity index (χ2v) is 7.14. The lowest BCUT2D eigenvalue weighted by molar-refractivity contribution is -0.125. The van der Waals surface area contributed by atoms with Crippen LogP contribution in [-0.2, 0) is 14.6 Å². The van der Waals surface area contributed by atoms with Crippen LogP contribution in [0.15, 0.2) is 17.6 Å². The van der Waals surface area contributed by atoms with Gasteiger partial charge in [0, 0.05) is 37.4 Å². The van der Waals surface area contributed by atoms with Gasteiger partial charge in [-0.2, -0.15) is 0 Å². The predicted molar refractivity (Wildman–Crippen MR) is 94.7 cm³/mol. The van der Waals surface area contributed by atoms with Crippen molar-refractivity contribution in [2.75, 3.05) is 12.8 Å². The Morgan fingerprint density at radius 1 is 1.20 bits per heavy atom. The molecule has 6 nitrogen and oxygen atoms in total. The van der Waals surface area contributed by atoms with Crippen LogP contribution in [-0.4, -0.2) is 37.1 Å².